The fourth-order valence-electron chi connectivity index (χ4n) is 2.46. The SMILES string of the molecule is CN1CCN(c2ccc(NC(=O)c3cc(C(N)=O)cs3)cn2)CC1. The number of anilines is 2. The van der Waals surface area contributed by atoms with Gasteiger partial charge in [-0.3, -0.25) is 9.59 Å². The first-order valence-corrected chi connectivity index (χ1v) is 8.50. The highest BCUT2D eigenvalue weighted by molar-refractivity contribution is 7.12. The topological polar surface area (TPSA) is 91.6 Å². The predicted octanol–water partition coefficient (Wildman–Crippen LogP) is 1.25. The minimum atomic E-state index is -0.538. The number of amides is 2. The van der Waals surface area contributed by atoms with E-state index in [-0.39, 0.29) is 5.91 Å². The molecule has 1 fully saturated rings. The standard InChI is InChI=1S/C16H19N5O2S/c1-20-4-6-21(7-5-20)14-3-2-12(9-18-14)19-16(23)13-8-11(10-24-13)15(17)22/h2-3,8-10H,4-7H2,1H3,(H2,17,22)(H,19,23). The van der Waals surface area contributed by atoms with Gasteiger partial charge in [-0.25, -0.2) is 4.98 Å². The zero-order chi connectivity index (χ0) is 17.1. The first kappa shape index (κ1) is 16.4. The van der Waals surface area contributed by atoms with Crippen molar-refractivity contribution in [1.29, 1.82) is 0 Å². The second-order valence-corrected chi connectivity index (χ2v) is 6.62. The molecule has 0 spiro atoms. The molecule has 0 unspecified atom stereocenters. The van der Waals surface area contributed by atoms with Crippen LogP contribution in [-0.4, -0.2) is 54.9 Å². The van der Waals surface area contributed by atoms with Crippen molar-refractivity contribution in [2.75, 3.05) is 43.4 Å². The lowest BCUT2D eigenvalue weighted by Crippen LogP contribution is -2.44. The van der Waals surface area contributed by atoms with E-state index in [4.69, 9.17) is 5.73 Å². The smallest absolute Gasteiger partial charge is 0.265 e. The number of nitrogens with zero attached hydrogens (tertiary/aromatic N) is 3. The molecule has 1 aliphatic heterocycles. The van der Waals surface area contributed by atoms with Crippen LogP contribution >= 0.6 is 11.3 Å². The number of likely N-dealkylation sites (N-methyl/N-ethyl adjacent to an activating group) is 1. The van der Waals surface area contributed by atoms with E-state index in [9.17, 15) is 9.59 Å². The van der Waals surface area contributed by atoms with Gasteiger partial charge in [0.05, 0.1) is 22.3 Å². The van der Waals surface area contributed by atoms with E-state index < -0.39 is 5.91 Å². The Bertz CT molecular complexity index is 735. The number of aromatic nitrogens is 1. The van der Waals surface area contributed by atoms with Crippen LogP contribution in [0.25, 0.3) is 0 Å². The number of pyridine rings is 1. The summed E-state index contributed by atoms with van der Waals surface area (Å²) in [5.74, 6) is 0.0957. The molecule has 0 saturated carbocycles. The van der Waals surface area contributed by atoms with Crippen LogP contribution in [0.15, 0.2) is 29.8 Å². The van der Waals surface area contributed by atoms with Gasteiger partial charge in [0, 0.05) is 31.6 Å². The molecule has 126 valence electrons. The van der Waals surface area contributed by atoms with Crippen LogP contribution in [0.4, 0.5) is 11.5 Å². The molecule has 0 aliphatic carbocycles. The fourth-order valence-corrected chi connectivity index (χ4v) is 3.25. The molecular weight excluding hydrogens is 326 g/mol. The van der Waals surface area contributed by atoms with Gasteiger partial charge in [-0.15, -0.1) is 11.3 Å². The summed E-state index contributed by atoms with van der Waals surface area (Å²) >= 11 is 1.19. The van der Waals surface area contributed by atoms with E-state index in [0.29, 0.717) is 16.1 Å². The molecule has 0 aromatic carbocycles. The van der Waals surface area contributed by atoms with Gasteiger partial charge < -0.3 is 20.9 Å². The van der Waals surface area contributed by atoms with E-state index in [2.05, 4.69) is 27.1 Å². The number of hydrogen-bond donors (Lipinski definition) is 2. The fraction of sp³-hybridized carbons (Fsp3) is 0.312. The van der Waals surface area contributed by atoms with Crippen molar-refractivity contribution in [2.24, 2.45) is 5.73 Å². The number of nitrogens with one attached hydrogen (secondary N) is 1. The molecule has 24 heavy (non-hydrogen) atoms. The summed E-state index contributed by atoms with van der Waals surface area (Å²) in [4.78, 5) is 32.6. The van der Waals surface area contributed by atoms with Gasteiger partial charge in [0.25, 0.3) is 5.91 Å². The molecular formula is C16H19N5O2S. The lowest BCUT2D eigenvalue weighted by molar-refractivity contribution is 0.100. The summed E-state index contributed by atoms with van der Waals surface area (Å²) in [6.07, 6.45) is 1.65. The van der Waals surface area contributed by atoms with Crippen molar-refractivity contribution in [1.82, 2.24) is 9.88 Å². The summed E-state index contributed by atoms with van der Waals surface area (Å²) in [5.41, 5.74) is 6.15. The lowest BCUT2D eigenvalue weighted by Gasteiger charge is -2.33. The molecule has 8 heteroatoms. The number of nitrogens with two attached hydrogens (primary N) is 1. The number of rotatable bonds is 4. The van der Waals surface area contributed by atoms with Gasteiger partial charge in [0.1, 0.15) is 5.82 Å². The summed E-state index contributed by atoms with van der Waals surface area (Å²) in [6, 6.07) is 5.24. The minimum Gasteiger partial charge on any atom is -0.366 e. The van der Waals surface area contributed by atoms with Crippen LogP contribution in [0.5, 0.6) is 0 Å². The Hall–Kier alpha value is -2.45. The first-order valence-electron chi connectivity index (χ1n) is 7.62. The monoisotopic (exact) mass is 345 g/mol. The van der Waals surface area contributed by atoms with Crippen LogP contribution in [0.2, 0.25) is 0 Å². The Morgan fingerprint density at radius 2 is 2.00 bits per heavy atom. The van der Waals surface area contributed by atoms with E-state index in [1.165, 1.54) is 17.4 Å². The van der Waals surface area contributed by atoms with Crippen LogP contribution in [0, 0.1) is 0 Å². The summed E-state index contributed by atoms with van der Waals surface area (Å²) in [7, 11) is 2.11. The third kappa shape index (κ3) is 3.72. The second kappa shape index (κ2) is 6.98. The average Bonchev–Trinajstić information content (AvgIpc) is 3.07. The highest BCUT2D eigenvalue weighted by atomic mass is 32.1. The minimum absolute atomic E-state index is 0.276. The van der Waals surface area contributed by atoms with Gasteiger partial charge in [-0.05, 0) is 25.2 Å². The molecule has 2 aromatic rings. The molecule has 3 heterocycles. The van der Waals surface area contributed by atoms with E-state index >= 15 is 0 Å². The molecule has 7 nitrogen and oxygen atoms in total. The summed E-state index contributed by atoms with van der Waals surface area (Å²) in [6.45, 7) is 3.92. The van der Waals surface area contributed by atoms with E-state index in [1.54, 1.807) is 11.6 Å². The predicted molar refractivity (Wildman–Crippen MR) is 94.7 cm³/mol. The van der Waals surface area contributed by atoms with E-state index in [0.717, 1.165) is 32.0 Å². The summed E-state index contributed by atoms with van der Waals surface area (Å²) in [5, 5.41) is 4.35. The molecule has 0 bridgehead atoms. The zero-order valence-electron chi connectivity index (χ0n) is 13.4. The highest BCUT2D eigenvalue weighted by Gasteiger charge is 2.16. The van der Waals surface area contributed by atoms with Gasteiger partial charge in [0.2, 0.25) is 5.91 Å². The Balaban J connectivity index is 1.63. The van der Waals surface area contributed by atoms with Crippen LogP contribution in [0.1, 0.15) is 20.0 Å². The molecule has 0 radical (unpaired) electrons. The third-order valence-corrected chi connectivity index (χ3v) is 4.87. The normalized spacial score (nSPS) is 15.3. The van der Waals surface area contributed by atoms with Crippen LogP contribution in [0.3, 0.4) is 0 Å². The Morgan fingerprint density at radius 1 is 1.25 bits per heavy atom. The van der Waals surface area contributed by atoms with E-state index in [1.807, 2.05) is 12.1 Å². The Labute approximate surface area is 144 Å². The van der Waals surface area contributed by atoms with Gasteiger partial charge in [-0.2, -0.15) is 0 Å². The number of thiophene rings is 1. The van der Waals surface area contributed by atoms with Gasteiger partial charge >= 0.3 is 0 Å². The molecule has 3 N–H and O–H groups in total. The maximum Gasteiger partial charge on any atom is 0.265 e. The number of carbonyl (C=O) groups is 2. The Kier molecular flexibility index (Phi) is 4.77. The van der Waals surface area contributed by atoms with Crippen molar-refractivity contribution in [3.63, 3.8) is 0 Å². The van der Waals surface area contributed by atoms with Crippen LogP contribution < -0.4 is 16.0 Å². The maximum absolute atomic E-state index is 12.2. The second-order valence-electron chi connectivity index (χ2n) is 5.71. The number of piperazine rings is 1. The first-order chi connectivity index (χ1) is 11.5. The Morgan fingerprint density at radius 3 is 2.58 bits per heavy atom. The number of hydrogen-bond acceptors (Lipinski definition) is 6. The van der Waals surface area contributed by atoms with Gasteiger partial charge in [-0.1, -0.05) is 0 Å². The van der Waals surface area contributed by atoms with Crippen molar-refractivity contribution < 1.29 is 9.59 Å². The highest BCUT2D eigenvalue weighted by Crippen LogP contribution is 2.19. The summed E-state index contributed by atoms with van der Waals surface area (Å²) < 4.78 is 0. The van der Waals surface area contributed by atoms with Crippen molar-refractivity contribution in [3.8, 4) is 0 Å². The van der Waals surface area contributed by atoms with Gasteiger partial charge in [0.15, 0.2) is 0 Å². The molecule has 2 amide bonds. The third-order valence-electron chi connectivity index (χ3n) is 3.94. The van der Waals surface area contributed by atoms with Crippen LogP contribution in [-0.2, 0) is 0 Å². The zero-order valence-corrected chi connectivity index (χ0v) is 14.2. The molecule has 1 aliphatic rings. The molecule has 0 atom stereocenters. The number of carbonyl (C=O) groups excluding carboxylic acids is 2. The molecule has 2 aromatic heterocycles. The lowest BCUT2D eigenvalue weighted by atomic mass is 10.3. The van der Waals surface area contributed by atoms with Crippen molar-refractivity contribution >= 4 is 34.7 Å². The molecule has 3 rings (SSSR count). The largest absolute Gasteiger partial charge is 0.366 e. The number of primary amides is 1. The maximum atomic E-state index is 12.2. The van der Waals surface area contributed by atoms with Crippen molar-refractivity contribution in [3.05, 3.63) is 40.2 Å². The van der Waals surface area contributed by atoms with Crippen molar-refractivity contribution in [2.45, 2.75) is 0 Å². The average molecular weight is 345 g/mol. The quantitative estimate of drug-likeness (QED) is 0.870. The molecule has 1 saturated heterocycles.